The van der Waals surface area contributed by atoms with Gasteiger partial charge >= 0.3 is 0 Å². The van der Waals surface area contributed by atoms with Gasteiger partial charge in [-0.2, -0.15) is 0 Å². The summed E-state index contributed by atoms with van der Waals surface area (Å²) in [5.74, 6) is 0.183. The third-order valence-corrected chi connectivity index (χ3v) is 4.85. The quantitative estimate of drug-likeness (QED) is 0.825. The van der Waals surface area contributed by atoms with Crippen LogP contribution in [-0.4, -0.2) is 16.8 Å². The van der Waals surface area contributed by atoms with Gasteiger partial charge in [0.1, 0.15) is 0 Å². The highest BCUT2D eigenvalue weighted by Gasteiger charge is 2.33. The molecule has 2 aromatic rings. The molecule has 0 saturated heterocycles. The fraction of sp³-hybridized carbons (Fsp3) is 0.353. The first-order chi connectivity index (χ1) is 9.66. The van der Waals surface area contributed by atoms with Crippen molar-refractivity contribution in [1.29, 1.82) is 0 Å². The van der Waals surface area contributed by atoms with Crippen LogP contribution in [0.5, 0.6) is 0 Å². The smallest absolute Gasteiger partial charge is 0.254 e. The van der Waals surface area contributed by atoms with Crippen molar-refractivity contribution < 1.29 is 4.79 Å². The fourth-order valence-corrected chi connectivity index (χ4v) is 3.16. The number of hydrogen-bond donors (Lipinski definition) is 0. The van der Waals surface area contributed by atoms with E-state index < -0.39 is 0 Å². The molecule has 1 aliphatic carbocycles. The van der Waals surface area contributed by atoms with E-state index in [1.54, 1.807) is 11.3 Å². The average Bonchev–Trinajstić information content (AvgIpc) is 3.15. The van der Waals surface area contributed by atoms with Crippen molar-refractivity contribution >= 4 is 17.2 Å². The van der Waals surface area contributed by atoms with Crippen molar-refractivity contribution in [2.24, 2.45) is 0 Å². The Morgan fingerprint density at radius 2 is 2.05 bits per heavy atom. The Morgan fingerprint density at radius 1 is 1.25 bits per heavy atom. The zero-order chi connectivity index (χ0) is 14.1. The van der Waals surface area contributed by atoms with E-state index in [0.29, 0.717) is 6.04 Å². The minimum atomic E-state index is 0.183. The van der Waals surface area contributed by atoms with Crippen LogP contribution in [0.4, 0.5) is 0 Å². The van der Waals surface area contributed by atoms with E-state index in [2.05, 4.69) is 24.4 Å². The van der Waals surface area contributed by atoms with Gasteiger partial charge in [-0.15, -0.1) is 11.3 Å². The van der Waals surface area contributed by atoms with Crippen molar-refractivity contribution in [3.63, 3.8) is 0 Å². The molecule has 1 saturated carbocycles. The molecule has 1 aromatic heterocycles. The van der Waals surface area contributed by atoms with Crippen molar-refractivity contribution in [2.75, 3.05) is 0 Å². The van der Waals surface area contributed by atoms with Gasteiger partial charge in [0.05, 0.1) is 6.54 Å². The van der Waals surface area contributed by atoms with Gasteiger partial charge in [0.15, 0.2) is 0 Å². The van der Waals surface area contributed by atoms with Crippen LogP contribution in [-0.2, 0) is 6.54 Å². The highest BCUT2D eigenvalue weighted by molar-refractivity contribution is 7.09. The first kappa shape index (κ1) is 13.4. The Bertz CT molecular complexity index is 614. The highest BCUT2D eigenvalue weighted by atomic mass is 32.1. The molecule has 0 spiro atoms. The Morgan fingerprint density at radius 3 is 2.70 bits per heavy atom. The Balaban J connectivity index is 1.87. The highest BCUT2D eigenvalue weighted by Crippen LogP contribution is 2.31. The first-order valence-electron chi connectivity index (χ1n) is 7.06. The molecule has 1 aliphatic rings. The lowest BCUT2D eigenvalue weighted by atomic mass is 10.0. The van der Waals surface area contributed by atoms with Crippen LogP contribution in [0.3, 0.4) is 0 Å². The third kappa shape index (κ3) is 2.63. The predicted octanol–water partition coefficient (Wildman–Crippen LogP) is 4.17. The lowest BCUT2D eigenvalue weighted by molar-refractivity contribution is 0.0731. The van der Waals surface area contributed by atoms with Gasteiger partial charge in [0.2, 0.25) is 0 Å². The van der Waals surface area contributed by atoms with Gasteiger partial charge in [-0.3, -0.25) is 4.79 Å². The molecule has 1 fully saturated rings. The summed E-state index contributed by atoms with van der Waals surface area (Å²) >= 11 is 1.72. The number of amides is 1. The molecule has 20 heavy (non-hydrogen) atoms. The van der Waals surface area contributed by atoms with Crippen LogP contribution in [0.15, 0.2) is 35.7 Å². The molecule has 0 bridgehead atoms. The maximum Gasteiger partial charge on any atom is 0.254 e. The number of thiophene rings is 1. The predicted molar refractivity (Wildman–Crippen MR) is 83.1 cm³/mol. The maximum atomic E-state index is 12.9. The van der Waals surface area contributed by atoms with Gasteiger partial charge in [-0.05, 0) is 55.3 Å². The summed E-state index contributed by atoms with van der Waals surface area (Å²) in [5.41, 5.74) is 3.14. The van der Waals surface area contributed by atoms with Gasteiger partial charge < -0.3 is 4.90 Å². The van der Waals surface area contributed by atoms with E-state index in [-0.39, 0.29) is 5.91 Å². The monoisotopic (exact) mass is 285 g/mol. The van der Waals surface area contributed by atoms with Crippen molar-refractivity contribution in [3.05, 3.63) is 57.3 Å². The molecular weight excluding hydrogens is 266 g/mol. The summed E-state index contributed by atoms with van der Waals surface area (Å²) < 4.78 is 0. The summed E-state index contributed by atoms with van der Waals surface area (Å²) in [6, 6.07) is 10.6. The van der Waals surface area contributed by atoms with Crippen LogP contribution in [0, 0.1) is 13.8 Å². The van der Waals surface area contributed by atoms with Crippen LogP contribution in [0.2, 0.25) is 0 Å². The molecule has 3 rings (SSSR count). The zero-order valence-corrected chi connectivity index (χ0v) is 12.7. The standard InChI is InChI=1S/C17H19NOS/c1-12-5-3-7-16(13(12)2)17(19)18(14-8-9-14)11-15-6-4-10-20-15/h3-7,10,14H,8-9,11H2,1-2H3. The molecule has 0 atom stereocenters. The number of carbonyl (C=O) groups is 1. The molecule has 104 valence electrons. The minimum absolute atomic E-state index is 0.183. The molecule has 2 nitrogen and oxygen atoms in total. The normalized spacial score (nSPS) is 14.3. The third-order valence-electron chi connectivity index (χ3n) is 3.99. The number of carbonyl (C=O) groups excluding carboxylic acids is 1. The van der Waals surface area contributed by atoms with Crippen LogP contribution in [0.1, 0.15) is 39.2 Å². The van der Waals surface area contributed by atoms with Crippen LogP contribution in [0.25, 0.3) is 0 Å². The summed E-state index contributed by atoms with van der Waals surface area (Å²) in [4.78, 5) is 16.2. The number of nitrogens with zero attached hydrogens (tertiary/aromatic N) is 1. The molecule has 0 radical (unpaired) electrons. The van der Waals surface area contributed by atoms with Gasteiger partial charge in [0.25, 0.3) is 5.91 Å². The molecule has 0 aliphatic heterocycles. The van der Waals surface area contributed by atoms with E-state index in [4.69, 9.17) is 0 Å². The van der Waals surface area contributed by atoms with Gasteiger partial charge in [0, 0.05) is 16.5 Å². The zero-order valence-electron chi connectivity index (χ0n) is 11.9. The summed E-state index contributed by atoms with van der Waals surface area (Å²) in [6.45, 7) is 4.85. The molecule has 3 heteroatoms. The summed E-state index contributed by atoms with van der Waals surface area (Å²) in [5, 5.41) is 2.07. The Kier molecular flexibility index (Phi) is 3.62. The average molecular weight is 285 g/mol. The number of rotatable bonds is 4. The molecule has 1 amide bonds. The molecule has 0 N–H and O–H groups in total. The number of hydrogen-bond acceptors (Lipinski definition) is 2. The van der Waals surface area contributed by atoms with E-state index >= 15 is 0 Å². The number of aryl methyl sites for hydroxylation is 1. The second-order valence-corrected chi connectivity index (χ2v) is 6.52. The second kappa shape index (κ2) is 5.41. The van der Waals surface area contributed by atoms with E-state index in [1.165, 1.54) is 10.4 Å². The maximum absolute atomic E-state index is 12.9. The van der Waals surface area contributed by atoms with Crippen molar-refractivity contribution in [2.45, 2.75) is 39.3 Å². The molecule has 1 aromatic carbocycles. The SMILES string of the molecule is Cc1cccc(C(=O)N(Cc2cccs2)C2CC2)c1C. The topological polar surface area (TPSA) is 20.3 Å². The molecule has 0 unspecified atom stereocenters. The molecular formula is C17H19NOS. The van der Waals surface area contributed by atoms with Crippen LogP contribution >= 0.6 is 11.3 Å². The van der Waals surface area contributed by atoms with Gasteiger partial charge in [-0.25, -0.2) is 0 Å². The van der Waals surface area contributed by atoms with Crippen molar-refractivity contribution in [3.8, 4) is 0 Å². The molecule has 1 heterocycles. The second-order valence-electron chi connectivity index (χ2n) is 5.49. The first-order valence-corrected chi connectivity index (χ1v) is 7.94. The fourth-order valence-electron chi connectivity index (χ4n) is 2.46. The number of benzene rings is 1. The Hall–Kier alpha value is -1.61. The van der Waals surface area contributed by atoms with Gasteiger partial charge in [-0.1, -0.05) is 18.2 Å². The minimum Gasteiger partial charge on any atom is -0.331 e. The van der Waals surface area contributed by atoms with Crippen molar-refractivity contribution in [1.82, 2.24) is 4.90 Å². The largest absolute Gasteiger partial charge is 0.331 e. The van der Waals surface area contributed by atoms with E-state index in [9.17, 15) is 4.79 Å². The summed E-state index contributed by atoms with van der Waals surface area (Å²) in [7, 11) is 0. The van der Waals surface area contributed by atoms with E-state index in [1.807, 2.05) is 30.0 Å². The van der Waals surface area contributed by atoms with Crippen LogP contribution < -0.4 is 0 Å². The Labute approximate surface area is 124 Å². The lowest BCUT2D eigenvalue weighted by Gasteiger charge is -2.23. The summed E-state index contributed by atoms with van der Waals surface area (Å²) in [6.07, 6.45) is 2.28. The lowest BCUT2D eigenvalue weighted by Crippen LogP contribution is -2.32. The van der Waals surface area contributed by atoms with E-state index in [0.717, 1.165) is 30.5 Å².